The Balaban J connectivity index is 1.76. The van der Waals surface area contributed by atoms with Crippen LogP contribution in [0.25, 0.3) is 11.3 Å². The summed E-state index contributed by atoms with van der Waals surface area (Å²) in [4.78, 5) is 21.6. The molecule has 0 bridgehead atoms. The molecule has 0 spiro atoms. The van der Waals surface area contributed by atoms with Gasteiger partial charge in [-0.05, 0) is 61.7 Å². The summed E-state index contributed by atoms with van der Waals surface area (Å²) in [5, 5.41) is 8.54. The molecular weight excluding hydrogens is 502 g/mol. The van der Waals surface area contributed by atoms with E-state index in [0.717, 1.165) is 27.8 Å². The lowest BCUT2D eigenvalue weighted by molar-refractivity contribution is 0.0978. The highest BCUT2D eigenvalue weighted by Gasteiger charge is 2.25. The summed E-state index contributed by atoms with van der Waals surface area (Å²) in [6, 6.07) is 20.4. The molecule has 0 aliphatic rings. The van der Waals surface area contributed by atoms with Gasteiger partial charge < -0.3 is 10.5 Å². The summed E-state index contributed by atoms with van der Waals surface area (Å²) in [6.45, 7) is 5.72. The Bertz CT molecular complexity index is 1650. The highest BCUT2D eigenvalue weighted by molar-refractivity contribution is 7.90. The maximum Gasteiger partial charge on any atom is 0.281 e. The van der Waals surface area contributed by atoms with E-state index in [1.54, 1.807) is 6.07 Å². The Morgan fingerprint density at radius 1 is 1.00 bits per heavy atom. The fraction of sp³-hybridized carbons (Fsp3) is 0.143. The molecule has 0 unspecified atom stereocenters. The number of nitrogens with zero attached hydrogens (tertiary/aromatic N) is 3. The summed E-state index contributed by atoms with van der Waals surface area (Å²) in [5.41, 5.74) is 10.3. The topological polar surface area (TPSA) is 148 Å². The number of carbonyl (C=O) groups is 1. The Kier molecular flexibility index (Phi) is 7.41. The molecule has 2 aromatic carbocycles. The number of aryl methyl sites for hydroxylation is 3. The maximum absolute atomic E-state index is 13.2. The average molecular weight is 528 g/mol. The van der Waals surface area contributed by atoms with Crippen molar-refractivity contribution >= 4 is 21.7 Å². The number of hydrogen-bond acceptors (Lipinski definition) is 8. The first-order chi connectivity index (χ1) is 18.1. The second-order valence-corrected chi connectivity index (χ2v) is 10.4. The number of carbonyl (C=O) groups excluding carboxylic acids is 1. The van der Waals surface area contributed by atoms with Crippen LogP contribution in [0.2, 0.25) is 0 Å². The number of nitrogens with two attached hydrogens (primary N) is 1. The third-order valence-electron chi connectivity index (χ3n) is 5.69. The average Bonchev–Trinajstić information content (AvgIpc) is 2.86. The predicted octanol–water partition coefficient (Wildman–Crippen LogP) is 4.63. The van der Waals surface area contributed by atoms with Crippen molar-refractivity contribution in [3.8, 4) is 29.0 Å². The van der Waals surface area contributed by atoms with E-state index in [4.69, 9.17) is 15.7 Å². The molecule has 0 fully saturated rings. The van der Waals surface area contributed by atoms with Crippen LogP contribution in [0.15, 0.2) is 71.8 Å². The van der Waals surface area contributed by atoms with E-state index < -0.39 is 15.9 Å². The van der Waals surface area contributed by atoms with Gasteiger partial charge in [-0.3, -0.25) is 4.79 Å². The fourth-order valence-electron chi connectivity index (χ4n) is 3.97. The molecule has 0 aliphatic heterocycles. The van der Waals surface area contributed by atoms with Gasteiger partial charge in [-0.25, -0.2) is 14.7 Å². The molecule has 9 nitrogen and oxygen atoms in total. The number of rotatable bonds is 7. The first-order valence-electron chi connectivity index (χ1n) is 11.6. The summed E-state index contributed by atoms with van der Waals surface area (Å²) in [7, 11) is -4.31. The number of nitrogens with one attached hydrogen (secondary N) is 1. The molecule has 0 saturated heterocycles. The number of benzene rings is 2. The Hall–Kier alpha value is -4.75. The van der Waals surface area contributed by atoms with Crippen molar-refractivity contribution < 1.29 is 17.9 Å². The van der Waals surface area contributed by atoms with Gasteiger partial charge in [0.15, 0.2) is 5.03 Å². The van der Waals surface area contributed by atoms with E-state index in [2.05, 4.69) is 16.0 Å². The van der Waals surface area contributed by atoms with E-state index >= 15 is 0 Å². The molecule has 0 aliphatic carbocycles. The summed E-state index contributed by atoms with van der Waals surface area (Å²) < 4.78 is 33.8. The van der Waals surface area contributed by atoms with E-state index in [1.807, 2.05) is 61.9 Å². The number of sulfonamides is 1. The molecule has 0 atom stereocenters. The molecule has 4 aromatic rings. The van der Waals surface area contributed by atoms with Crippen LogP contribution in [0.3, 0.4) is 0 Å². The van der Waals surface area contributed by atoms with Crippen molar-refractivity contribution in [2.45, 2.75) is 32.2 Å². The van der Waals surface area contributed by atoms with E-state index in [-0.39, 0.29) is 28.7 Å². The predicted molar refractivity (Wildman–Crippen MR) is 143 cm³/mol. The minimum Gasteiger partial charge on any atom is -0.438 e. The minimum atomic E-state index is -4.31. The molecule has 0 radical (unpaired) electrons. The van der Waals surface area contributed by atoms with Crippen molar-refractivity contribution in [1.29, 1.82) is 5.26 Å². The van der Waals surface area contributed by atoms with Crippen LogP contribution < -0.4 is 15.2 Å². The molecule has 4 rings (SSSR count). The van der Waals surface area contributed by atoms with Gasteiger partial charge >= 0.3 is 0 Å². The van der Waals surface area contributed by atoms with E-state index in [0.29, 0.717) is 11.4 Å². The van der Waals surface area contributed by atoms with Gasteiger partial charge in [0.2, 0.25) is 5.88 Å². The van der Waals surface area contributed by atoms with E-state index in [1.165, 1.54) is 24.3 Å². The number of pyridine rings is 2. The van der Waals surface area contributed by atoms with Gasteiger partial charge in [-0.2, -0.15) is 13.7 Å². The number of ether oxygens (including phenoxy) is 1. The van der Waals surface area contributed by atoms with Gasteiger partial charge in [-0.1, -0.05) is 48.0 Å². The smallest absolute Gasteiger partial charge is 0.281 e. The molecule has 38 heavy (non-hydrogen) atoms. The van der Waals surface area contributed by atoms with Crippen molar-refractivity contribution in [3.05, 3.63) is 94.5 Å². The lowest BCUT2D eigenvalue weighted by Gasteiger charge is -2.16. The van der Waals surface area contributed by atoms with Gasteiger partial charge in [-0.15, -0.1) is 0 Å². The Labute approximate surface area is 221 Å². The maximum atomic E-state index is 13.2. The lowest BCUT2D eigenvalue weighted by atomic mass is 10.1. The molecule has 3 N–H and O–H groups in total. The Morgan fingerprint density at radius 3 is 2.32 bits per heavy atom. The zero-order valence-electron chi connectivity index (χ0n) is 21.0. The van der Waals surface area contributed by atoms with Crippen LogP contribution in [0.1, 0.15) is 32.6 Å². The Morgan fingerprint density at radius 2 is 1.68 bits per heavy atom. The largest absolute Gasteiger partial charge is 0.438 e. The standard InChI is InChI=1S/C28H25N5O4S/c1-17-15-18(2)26(19(3)16-17)37-28-22(27(34)33-38(35,36)25-6-4-5-24(30)32-25)11-12-23(31-28)21-9-7-20(8-10-21)13-14-29/h4-12,15-16H,13H2,1-3H3,(H2,30,32)(H,33,34). The summed E-state index contributed by atoms with van der Waals surface area (Å²) in [6.07, 6.45) is 0.281. The van der Waals surface area contributed by atoms with Crippen LogP contribution in [-0.2, 0) is 16.4 Å². The molecule has 1 amide bonds. The second-order valence-electron chi connectivity index (χ2n) is 8.75. The first-order valence-corrected chi connectivity index (χ1v) is 13.1. The van der Waals surface area contributed by atoms with Crippen molar-refractivity contribution in [2.24, 2.45) is 0 Å². The third kappa shape index (κ3) is 5.79. The van der Waals surface area contributed by atoms with Crippen LogP contribution >= 0.6 is 0 Å². The van der Waals surface area contributed by atoms with Gasteiger partial charge in [0.1, 0.15) is 17.1 Å². The first kappa shape index (κ1) is 26.3. The zero-order chi connectivity index (χ0) is 27.4. The van der Waals surface area contributed by atoms with Crippen LogP contribution in [-0.4, -0.2) is 24.3 Å². The molecular formula is C28H25N5O4S. The molecule has 192 valence electrons. The van der Waals surface area contributed by atoms with Crippen molar-refractivity contribution in [3.63, 3.8) is 0 Å². The molecule has 10 heteroatoms. The van der Waals surface area contributed by atoms with Crippen LogP contribution in [0, 0.1) is 32.1 Å². The fourth-order valence-corrected chi connectivity index (χ4v) is 4.91. The second kappa shape index (κ2) is 10.7. The number of nitriles is 1. The van der Waals surface area contributed by atoms with Gasteiger partial charge in [0.25, 0.3) is 15.9 Å². The number of amides is 1. The molecule has 2 aromatic heterocycles. The highest BCUT2D eigenvalue weighted by Crippen LogP contribution is 2.32. The van der Waals surface area contributed by atoms with E-state index in [9.17, 15) is 13.2 Å². The lowest BCUT2D eigenvalue weighted by Crippen LogP contribution is -2.31. The number of hydrogen-bond donors (Lipinski definition) is 2. The number of nitrogen functional groups attached to an aromatic ring is 1. The molecule has 0 saturated carbocycles. The van der Waals surface area contributed by atoms with Crippen LogP contribution in [0.5, 0.6) is 11.6 Å². The number of aromatic nitrogens is 2. The van der Waals surface area contributed by atoms with Gasteiger partial charge in [0, 0.05) is 5.56 Å². The van der Waals surface area contributed by atoms with Crippen LogP contribution in [0.4, 0.5) is 5.82 Å². The minimum absolute atomic E-state index is 0.00137. The summed E-state index contributed by atoms with van der Waals surface area (Å²) in [5.74, 6) is -0.484. The summed E-state index contributed by atoms with van der Waals surface area (Å²) >= 11 is 0. The normalized spacial score (nSPS) is 11.0. The quantitative estimate of drug-likeness (QED) is 0.353. The zero-order valence-corrected chi connectivity index (χ0v) is 21.8. The van der Waals surface area contributed by atoms with Crippen molar-refractivity contribution in [2.75, 3.05) is 5.73 Å². The van der Waals surface area contributed by atoms with Gasteiger partial charge in [0.05, 0.1) is 18.2 Å². The monoisotopic (exact) mass is 527 g/mol. The third-order valence-corrected chi connectivity index (χ3v) is 6.92. The molecule has 2 heterocycles. The van der Waals surface area contributed by atoms with Crippen molar-refractivity contribution in [1.82, 2.24) is 14.7 Å². The number of anilines is 1. The highest BCUT2D eigenvalue weighted by atomic mass is 32.2. The SMILES string of the molecule is Cc1cc(C)c(Oc2nc(-c3ccc(CC#N)cc3)ccc2C(=O)NS(=O)(=O)c2cccc(N)n2)c(C)c1.